The van der Waals surface area contributed by atoms with E-state index in [2.05, 4.69) is 4.98 Å². The predicted molar refractivity (Wildman–Crippen MR) is 100 cm³/mol. The molecule has 1 nitrogen and oxygen atoms in total. The van der Waals surface area contributed by atoms with Crippen LogP contribution in [0.1, 0.15) is 0 Å². The van der Waals surface area contributed by atoms with Crippen molar-refractivity contribution in [2.75, 3.05) is 0 Å². The van der Waals surface area contributed by atoms with Crippen LogP contribution in [0.4, 0.5) is 13.2 Å². The molecule has 0 saturated heterocycles. The first-order valence-electron chi connectivity index (χ1n) is 8.38. The van der Waals surface area contributed by atoms with E-state index in [1.165, 1.54) is 36.4 Å². The van der Waals surface area contributed by atoms with Gasteiger partial charge in [0.05, 0.1) is 5.69 Å². The highest BCUT2D eigenvalue weighted by Crippen LogP contribution is 2.38. The quantitative estimate of drug-likeness (QED) is 0.406. The Bertz CT molecular complexity index is 1010. The average Bonchev–Trinajstić information content (AvgIpc) is 2.69. The van der Waals surface area contributed by atoms with Crippen molar-refractivity contribution in [3.05, 3.63) is 103 Å². The van der Waals surface area contributed by atoms with Crippen molar-refractivity contribution >= 4 is 0 Å². The van der Waals surface area contributed by atoms with Gasteiger partial charge in [-0.1, -0.05) is 24.3 Å². The first kappa shape index (κ1) is 17.0. The molecule has 0 spiro atoms. The number of nitrogens with zero attached hydrogens (tertiary/aromatic N) is 1. The molecule has 0 bridgehead atoms. The second kappa shape index (κ2) is 7.08. The predicted octanol–water partition coefficient (Wildman–Crippen LogP) is 6.50. The van der Waals surface area contributed by atoms with Crippen molar-refractivity contribution < 1.29 is 13.2 Å². The number of aromatic nitrogens is 1. The van der Waals surface area contributed by atoms with Crippen LogP contribution >= 0.6 is 0 Å². The van der Waals surface area contributed by atoms with Gasteiger partial charge in [-0.3, -0.25) is 4.98 Å². The van der Waals surface area contributed by atoms with E-state index in [4.69, 9.17) is 0 Å². The number of rotatable bonds is 3. The van der Waals surface area contributed by atoms with Gasteiger partial charge in [0.25, 0.3) is 0 Å². The monoisotopic (exact) mass is 361 g/mol. The maximum absolute atomic E-state index is 13.4. The summed E-state index contributed by atoms with van der Waals surface area (Å²) < 4.78 is 40.2. The molecule has 132 valence electrons. The van der Waals surface area contributed by atoms with Crippen LogP contribution in [0.3, 0.4) is 0 Å². The summed E-state index contributed by atoms with van der Waals surface area (Å²) in [6.07, 6.45) is 1.66. The molecule has 0 saturated carbocycles. The maximum Gasteiger partial charge on any atom is 0.123 e. The smallest absolute Gasteiger partial charge is 0.123 e. The van der Waals surface area contributed by atoms with Crippen LogP contribution in [0, 0.1) is 17.5 Å². The van der Waals surface area contributed by atoms with E-state index < -0.39 is 0 Å². The van der Waals surface area contributed by atoms with Crippen LogP contribution in [-0.4, -0.2) is 4.98 Å². The van der Waals surface area contributed by atoms with E-state index >= 15 is 0 Å². The van der Waals surface area contributed by atoms with E-state index in [1.54, 1.807) is 42.6 Å². The molecule has 4 rings (SSSR count). The molecule has 0 N–H and O–H groups in total. The summed E-state index contributed by atoms with van der Waals surface area (Å²) in [7, 11) is 0. The summed E-state index contributed by atoms with van der Waals surface area (Å²) in [5.74, 6) is -0.999. The Labute approximate surface area is 154 Å². The van der Waals surface area contributed by atoms with Gasteiger partial charge in [0.1, 0.15) is 17.5 Å². The standard InChI is InChI=1S/C23H14F3N/c24-18-7-1-15(2-8-18)21-13-14-27-23(17-5-11-20(26)12-6-17)22(21)16-3-9-19(25)10-4-16/h1-14H. The van der Waals surface area contributed by atoms with Gasteiger partial charge in [0, 0.05) is 17.3 Å². The van der Waals surface area contributed by atoms with Crippen molar-refractivity contribution in [2.24, 2.45) is 0 Å². The lowest BCUT2D eigenvalue weighted by atomic mass is 9.91. The van der Waals surface area contributed by atoms with E-state index in [9.17, 15) is 13.2 Å². The zero-order valence-corrected chi connectivity index (χ0v) is 14.2. The molecule has 1 aromatic heterocycles. The number of hydrogen-bond donors (Lipinski definition) is 0. The van der Waals surface area contributed by atoms with Gasteiger partial charge >= 0.3 is 0 Å². The Balaban J connectivity index is 1.99. The highest BCUT2D eigenvalue weighted by Gasteiger charge is 2.15. The Morgan fingerprint density at radius 1 is 0.481 bits per heavy atom. The van der Waals surface area contributed by atoms with E-state index in [1.807, 2.05) is 6.07 Å². The summed E-state index contributed by atoms with van der Waals surface area (Å²) in [6, 6.07) is 20.1. The summed E-state index contributed by atoms with van der Waals surface area (Å²) in [5, 5.41) is 0. The third-order valence-corrected chi connectivity index (χ3v) is 4.36. The third kappa shape index (κ3) is 3.47. The van der Waals surface area contributed by atoms with Crippen molar-refractivity contribution in [3.63, 3.8) is 0 Å². The van der Waals surface area contributed by atoms with E-state index in [-0.39, 0.29) is 17.5 Å². The fraction of sp³-hybridized carbons (Fsp3) is 0. The molecule has 0 amide bonds. The van der Waals surface area contributed by atoms with Crippen LogP contribution < -0.4 is 0 Å². The minimum atomic E-state index is -0.339. The Kier molecular flexibility index (Phi) is 4.47. The highest BCUT2D eigenvalue weighted by molar-refractivity contribution is 5.92. The summed E-state index contributed by atoms with van der Waals surface area (Å²) >= 11 is 0. The second-order valence-electron chi connectivity index (χ2n) is 6.10. The molecule has 3 aromatic carbocycles. The van der Waals surface area contributed by atoms with Crippen molar-refractivity contribution in [1.82, 2.24) is 4.98 Å². The molecule has 4 aromatic rings. The lowest BCUT2D eigenvalue weighted by molar-refractivity contribution is 0.627. The molecule has 0 atom stereocenters. The molecule has 27 heavy (non-hydrogen) atoms. The SMILES string of the molecule is Fc1ccc(-c2ccnc(-c3ccc(F)cc3)c2-c2ccc(F)cc2)cc1. The average molecular weight is 361 g/mol. The first-order valence-corrected chi connectivity index (χ1v) is 8.38. The molecule has 0 radical (unpaired) electrons. The molecular weight excluding hydrogens is 347 g/mol. The maximum atomic E-state index is 13.4. The fourth-order valence-corrected chi connectivity index (χ4v) is 3.07. The Morgan fingerprint density at radius 2 is 0.926 bits per heavy atom. The van der Waals surface area contributed by atoms with Gasteiger partial charge in [0.2, 0.25) is 0 Å². The normalized spacial score (nSPS) is 10.8. The first-order chi connectivity index (χ1) is 13.1. The van der Waals surface area contributed by atoms with Crippen molar-refractivity contribution in [3.8, 4) is 33.5 Å². The number of halogens is 3. The molecule has 0 fully saturated rings. The Morgan fingerprint density at radius 3 is 1.44 bits per heavy atom. The van der Waals surface area contributed by atoms with Crippen LogP contribution in [0.5, 0.6) is 0 Å². The number of pyridine rings is 1. The molecule has 0 unspecified atom stereocenters. The molecule has 4 heteroatoms. The fourth-order valence-electron chi connectivity index (χ4n) is 3.07. The van der Waals surface area contributed by atoms with Crippen LogP contribution in [0.25, 0.3) is 33.5 Å². The topological polar surface area (TPSA) is 12.9 Å². The second-order valence-corrected chi connectivity index (χ2v) is 6.10. The molecular formula is C23H14F3N. The van der Waals surface area contributed by atoms with E-state index in [0.29, 0.717) is 5.69 Å². The van der Waals surface area contributed by atoms with Crippen LogP contribution in [0.2, 0.25) is 0 Å². The van der Waals surface area contributed by atoms with Crippen LogP contribution in [-0.2, 0) is 0 Å². The van der Waals surface area contributed by atoms with Gasteiger partial charge in [0.15, 0.2) is 0 Å². The number of benzene rings is 3. The minimum Gasteiger partial charge on any atom is -0.256 e. The number of hydrogen-bond acceptors (Lipinski definition) is 1. The largest absolute Gasteiger partial charge is 0.256 e. The van der Waals surface area contributed by atoms with Crippen molar-refractivity contribution in [2.45, 2.75) is 0 Å². The molecule has 0 aliphatic rings. The van der Waals surface area contributed by atoms with E-state index in [0.717, 1.165) is 27.8 Å². The van der Waals surface area contributed by atoms with Gasteiger partial charge < -0.3 is 0 Å². The van der Waals surface area contributed by atoms with Gasteiger partial charge in [-0.2, -0.15) is 0 Å². The molecule has 0 aliphatic heterocycles. The van der Waals surface area contributed by atoms with Gasteiger partial charge in [-0.05, 0) is 71.3 Å². The van der Waals surface area contributed by atoms with Gasteiger partial charge in [-0.15, -0.1) is 0 Å². The summed E-state index contributed by atoms with van der Waals surface area (Å²) in [6.45, 7) is 0. The van der Waals surface area contributed by atoms with Crippen molar-refractivity contribution in [1.29, 1.82) is 0 Å². The summed E-state index contributed by atoms with van der Waals surface area (Å²) in [5.41, 5.74) is 4.56. The third-order valence-electron chi connectivity index (χ3n) is 4.36. The lowest BCUT2D eigenvalue weighted by Crippen LogP contribution is -1.94. The molecule has 0 aliphatic carbocycles. The Hall–Kier alpha value is -3.40. The lowest BCUT2D eigenvalue weighted by Gasteiger charge is -2.15. The van der Waals surface area contributed by atoms with Crippen LogP contribution in [0.15, 0.2) is 85.1 Å². The molecule has 1 heterocycles. The zero-order valence-electron chi connectivity index (χ0n) is 14.2. The zero-order chi connectivity index (χ0) is 18.8. The minimum absolute atomic E-state index is 0.324. The highest BCUT2D eigenvalue weighted by atomic mass is 19.1. The van der Waals surface area contributed by atoms with Gasteiger partial charge in [-0.25, -0.2) is 13.2 Å². The summed E-state index contributed by atoms with van der Waals surface area (Å²) in [4.78, 5) is 4.49.